The molecule has 1 amide bonds. The fourth-order valence-corrected chi connectivity index (χ4v) is 9.38. The Hall–Kier alpha value is -6.33. The van der Waals surface area contributed by atoms with E-state index >= 15 is 0 Å². The summed E-state index contributed by atoms with van der Waals surface area (Å²) < 4.78 is 20.5. The van der Waals surface area contributed by atoms with Crippen molar-refractivity contribution in [2.45, 2.75) is 69.3 Å². The summed E-state index contributed by atoms with van der Waals surface area (Å²) in [7, 11) is 1.73. The molecule has 62 heavy (non-hydrogen) atoms. The zero-order valence-electron chi connectivity index (χ0n) is 34.8. The van der Waals surface area contributed by atoms with Gasteiger partial charge in [0.25, 0.3) is 11.6 Å². The van der Waals surface area contributed by atoms with Crippen LogP contribution in [0, 0.1) is 39.2 Å². The van der Waals surface area contributed by atoms with E-state index in [0.717, 1.165) is 42.4 Å². The number of nitro groups is 1. The molecule has 322 valence electrons. The quantitative estimate of drug-likeness (QED) is 0.0401. The molecule has 2 N–H and O–H groups in total. The molecule has 0 bridgehead atoms. The van der Waals surface area contributed by atoms with Crippen LogP contribution in [0.15, 0.2) is 127 Å². The normalized spacial score (nSPS) is 22.8. The number of hydrogen-bond donors (Lipinski definition) is 2. The van der Waals surface area contributed by atoms with Gasteiger partial charge in [0.1, 0.15) is 29.9 Å². The van der Waals surface area contributed by atoms with Crippen LogP contribution in [-0.4, -0.2) is 70.4 Å². The smallest absolute Gasteiger partial charge is 0.273 e. The number of rotatable bonds is 19. The lowest BCUT2D eigenvalue weighted by Gasteiger charge is -2.59. The molecule has 4 aromatic carbocycles. The van der Waals surface area contributed by atoms with E-state index < -0.39 is 22.7 Å². The van der Waals surface area contributed by atoms with Crippen molar-refractivity contribution >= 4 is 17.3 Å². The van der Waals surface area contributed by atoms with Crippen LogP contribution in [0.3, 0.4) is 0 Å². The SMILES string of the molecule is C=CCO[C@@]12Oc3ccc(Oc4cccc([N+](=O)[O-])c4)cc3[C@H]3[C@H](CCCCO)[C@@H](CCCCO)C=C(C(=NOCc4ccccc4)C[C@@H]1N(C)C(=O)c1ccc(C#N)cc1)[C@H]32. The number of nitrogens with zero attached hydrogens (tertiary/aromatic N) is 4. The number of aliphatic hydroxyl groups is 2. The van der Waals surface area contributed by atoms with Crippen molar-refractivity contribution in [2.75, 3.05) is 26.9 Å². The summed E-state index contributed by atoms with van der Waals surface area (Å²) in [6.07, 6.45) is 8.42. The molecule has 0 radical (unpaired) electrons. The maximum atomic E-state index is 14.6. The molecule has 2 aliphatic carbocycles. The van der Waals surface area contributed by atoms with Crippen molar-refractivity contribution < 1.29 is 39.0 Å². The van der Waals surface area contributed by atoms with E-state index in [0.29, 0.717) is 46.9 Å². The van der Waals surface area contributed by atoms with Crippen molar-refractivity contribution in [3.8, 4) is 23.3 Å². The van der Waals surface area contributed by atoms with E-state index in [9.17, 15) is 30.4 Å². The number of aliphatic hydroxyl groups excluding tert-OH is 2. The molecule has 1 heterocycles. The van der Waals surface area contributed by atoms with Gasteiger partial charge in [-0.15, -0.1) is 6.58 Å². The average Bonchev–Trinajstić information content (AvgIpc) is 3.29. The van der Waals surface area contributed by atoms with Crippen LogP contribution in [0.1, 0.15) is 77.9 Å². The van der Waals surface area contributed by atoms with E-state index in [1.165, 1.54) is 12.1 Å². The van der Waals surface area contributed by atoms with Crippen molar-refractivity contribution in [3.63, 3.8) is 0 Å². The summed E-state index contributed by atoms with van der Waals surface area (Å²) in [5, 5.41) is 45.8. The predicted molar refractivity (Wildman–Crippen MR) is 233 cm³/mol. The largest absolute Gasteiger partial charge is 0.459 e. The van der Waals surface area contributed by atoms with Gasteiger partial charge < -0.3 is 34.2 Å². The molecular formula is C49H52N4O9. The van der Waals surface area contributed by atoms with Gasteiger partial charge in [-0.3, -0.25) is 14.9 Å². The zero-order chi connectivity index (χ0) is 43.6. The number of hydrogen-bond acceptors (Lipinski definition) is 11. The van der Waals surface area contributed by atoms with Crippen molar-refractivity contribution in [1.29, 1.82) is 5.26 Å². The standard InChI is InChI=1S/C49H52N4O9/c1-3-26-59-49-45(52(2)48(56)35-20-18-33(31-50)19-21-35)30-43(51-60-32-34-12-5-4-6-13-34)41-27-36(14-7-9-24-54)40(17-8-10-25-55)46(47(41)49)42-29-39(22-23-44(42)62-49)61-38-16-11-15-37(28-38)53(57)58/h3-6,11-13,15-16,18-23,27-29,36,40,45-47,54-55H,1,7-10,14,17,24-26,30,32H2,2H3/t36-,40+,45-,46+,47+,49+/m0/s1. The third-order valence-corrected chi connectivity index (χ3v) is 12.2. The number of benzene rings is 4. The Morgan fingerprint density at radius 1 is 1.00 bits per heavy atom. The molecule has 0 unspecified atom stereocenters. The Bertz CT molecular complexity index is 2330. The lowest BCUT2D eigenvalue weighted by molar-refractivity contribution is -0.384. The molecule has 1 aliphatic heterocycles. The van der Waals surface area contributed by atoms with E-state index in [2.05, 4.69) is 18.7 Å². The number of carbonyl (C=O) groups excluding carboxylic acids is 1. The van der Waals surface area contributed by atoms with E-state index in [1.54, 1.807) is 60.5 Å². The Balaban J connectivity index is 1.42. The summed E-state index contributed by atoms with van der Waals surface area (Å²) in [5.74, 6) is -1.36. The molecule has 3 aliphatic rings. The molecule has 6 atom stereocenters. The first-order chi connectivity index (χ1) is 30.2. The molecule has 0 spiro atoms. The van der Waals surface area contributed by atoms with Gasteiger partial charge in [0.2, 0.25) is 5.79 Å². The number of oxime groups is 1. The van der Waals surface area contributed by atoms with Gasteiger partial charge >= 0.3 is 0 Å². The zero-order valence-corrected chi connectivity index (χ0v) is 34.8. The van der Waals surface area contributed by atoms with Gasteiger partial charge in [0.15, 0.2) is 0 Å². The first kappa shape index (κ1) is 43.7. The van der Waals surface area contributed by atoms with E-state index in [1.807, 2.05) is 42.5 Å². The Labute approximate surface area is 361 Å². The summed E-state index contributed by atoms with van der Waals surface area (Å²) in [4.78, 5) is 33.5. The second kappa shape index (κ2) is 20.0. The molecule has 13 nitrogen and oxygen atoms in total. The third kappa shape index (κ3) is 9.28. The second-order valence-electron chi connectivity index (χ2n) is 16.0. The number of unbranched alkanes of at least 4 members (excludes halogenated alkanes) is 2. The highest BCUT2D eigenvalue weighted by molar-refractivity contribution is 6.03. The third-order valence-electron chi connectivity index (χ3n) is 12.2. The minimum atomic E-state index is -1.47. The number of allylic oxidation sites excluding steroid dienone is 1. The number of non-ortho nitro benzene ring substituents is 1. The molecule has 13 heteroatoms. The molecule has 7 rings (SSSR count). The molecule has 0 saturated heterocycles. The molecule has 4 aromatic rings. The topological polar surface area (TPSA) is 177 Å². The van der Waals surface area contributed by atoms with Crippen LogP contribution in [0.5, 0.6) is 17.2 Å². The minimum Gasteiger partial charge on any atom is -0.459 e. The van der Waals surface area contributed by atoms with Crippen LogP contribution in [0.2, 0.25) is 0 Å². The number of nitriles is 1. The lowest BCUT2D eigenvalue weighted by atomic mass is 9.55. The van der Waals surface area contributed by atoms with Crippen molar-refractivity contribution in [2.24, 2.45) is 22.9 Å². The molecule has 1 fully saturated rings. The maximum absolute atomic E-state index is 14.6. The fourth-order valence-electron chi connectivity index (χ4n) is 9.38. The number of likely N-dealkylation sites (N-methyl/N-ethyl adjacent to an activating group) is 1. The number of fused-ring (bicyclic) bond motifs is 2. The number of ether oxygens (including phenoxy) is 3. The molecular weight excluding hydrogens is 789 g/mol. The van der Waals surface area contributed by atoms with Crippen LogP contribution in [0.25, 0.3) is 0 Å². The van der Waals surface area contributed by atoms with Crippen LogP contribution in [-0.2, 0) is 16.2 Å². The Morgan fingerprint density at radius 2 is 1.74 bits per heavy atom. The highest BCUT2D eigenvalue weighted by Gasteiger charge is 2.65. The van der Waals surface area contributed by atoms with Crippen molar-refractivity contribution in [1.82, 2.24) is 4.90 Å². The Kier molecular flexibility index (Phi) is 14.1. The van der Waals surface area contributed by atoms with Gasteiger partial charge in [0, 0.05) is 49.8 Å². The number of amides is 1. The molecule has 0 aromatic heterocycles. The summed E-state index contributed by atoms with van der Waals surface area (Å²) >= 11 is 0. The minimum absolute atomic E-state index is 0.00905. The fraction of sp³-hybridized carbons (Fsp3) is 0.367. The number of nitro benzene ring substituents is 1. The Morgan fingerprint density at radius 3 is 2.45 bits per heavy atom. The van der Waals surface area contributed by atoms with Crippen LogP contribution < -0.4 is 9.47 Å². The van der Waals surface area contributed by atoms with E-state index in [-0.39, 0.29) is 62.2 Å². The second-order valence-corrected chi connectivity index (χ2v) is 16.0. The van der Waals surface area contributed by atoms with E-state index in [4.69, 9.17) is 24.2 Å². The monoisotopic (exact) mass is 840 g/mol. The number of carbonyl (C=O) groups is 1. The van der Waals surface area contributed by atoms with Gasteiger partial charge in [-0.05, 0) is 97.2 Å². The molecule has 1 saturated carbocycles. The lowest BCUT2D eigenvalue weighted by Crippen LogP contribution is -2.69. The predicted octanol–water partition coefficient (Wildman–Crippen LogP) is 8.86. The van der Waals surface area contributed by atoms with Gasteiger partial charge in [-0.2, -0.15) is 5.26 Å². The highest BCUT2D eigenvalue weighted by Crippen LogP contribution is 2.62. The van der Waals surface area contributed by atoms with Crippen LogP contribution >= 0.6 is 0 Å². The van der Waals surface area contributed by atoms with Gasteiger partial charge in [-0.1, -0.05) is 66.5 Å². The average molecular weight is 841 g/mol. The highest BCUT2D eigenvalue weighted by atomic mass is 16.7. The van der Waals surface area contributed by atoms with Crippen LogP contribution in [0.4, 0.5) is 5.69 Å². The first-order valence-corrected chi connectivity index (χ1v) is 21.1. The first-order valence-electron chi connectivity index (χ1n) is 21.1. The summed E-state index contributed by atoms with van der Waals surface area (Å²) in [6, 6.07) is 29.1. The maximum Gasteiger partial charge on any atom is 0.273 e. The summed E-state index contributed by atoms with van der Waals surface area (Å²) in [5.41, 5.74) is 4.03. The van der Waals surface area contributed by atoms with Crippen molar-refractivity contribution in [3.05, 3.63) is 154 Å². The van der Waals surface area contributed by atoms with Gasteiger partial charge in [-0.25, -0.2) is 0 Å². The summed E-state index contributed by atoms with van der Waals surface area (Å²) in [6.45, 7) is 4.42. The van der Waals surface area contributed by atoms with Gasteiger partial charge in [0.05, 0.1) is 40.9 Å².